The van der Waals surface area contributed by atoms with Crippen molar-refractivity contribution in [1.82, 2.24) is 0 Å². The lowest BCUT2D eigenvalue weighted by molar-refractivity contribution is 0.467. The van der Waals surface area contributed by atoms with Crippen LogP contribution in [0.25, 0.3) is 0 Å². The minimum absolute atomic E-state index is 0.439. The van der Waals surface area contributed by atoms with Crippen molar-refractivity contribution in [3.8, 4) is 5.75 Å². The van der Waals surface area contributed by atoms with E-state index in [-0.39, 0.29) is 0 Å². The standard InChI is InChI=1S/C11H16O/c1-3-5-10-8-9(4-2)6-7-11(10)12/h6-8,12H,3-5H2,1-2H3. The quantitative estimate of drug-likeness (QED) is 0.728. The van der Waals surface area contributed by atoms with Crippen LogP contribution in [0, 0.1) is 0 Å². The molecule has 1 aromatic rings. The monoisotopic (exact) mass is 164 g/mol. The second kappa shape index (κ2) is 4.15. The zero-order valence-corrected chi connectivity index (χ0v) is 7.80. The molecule has 1 aromatic carbocycles. The van der Waals surface area contributed by atoms with Crippen LogP contribution in [-0.2, 0) is 12.8 Å². The molecule has 0 spiro atoms. The maximum Gasteiger partial charge on any atom is 0.118 e. The molecule has 0 aliphatic carbocycles. The summed E-state index contributed by atoms with van der Waals surface area (Å²) in [5.74, 6) is 0.439. The summed E-state index contributed by atoms with van der Waals surface area (Å²) >= 11 is 0. The Morgan fingerprint density at radius 1 is 1.25 bits per heavy atom. The van der Waals surface area contributed by atoms with Crippen LogP contribution in [0.3, 0.4) is 0 Å². The fraction of sp³-hybridized carbons (Fsp3) is 0.455. The van der Waals surface area contributed by atoms with Crippen LogP contribution in [-0.4, -0.2) is 5.11 Å². The first-order valence-corrected chi connectivity index (χ1v) is 4.58. The van der Waals surface area contributed by atoms with Gasteiger partial charge in [-0.3, -0.25) is 0 Å². The molecule has 0 saturated heterocycles. The number of phenolic OH excluding ortho intramolecular Hbond substituents is 1. The third kappa shape index (κ3) is 2.00. The van der Waals surface area contributed by atoms with Crippen LogP contribution in [0.1, 0.15) is 31.4 Å². The Kier molecular flexibility index (Phi) is 3.15. The molecule has 0 aliphatic heterocycles. The van der Waals surface area contributed by atoms with Gasteiger partial charge < -0.3 is 5.11 Å². The average molecular weight is 164 g/mol. The van der Waals surface area contributed by atoms with E-state index in [0.29, 0.717) is 5.75 Å². The summed E-state index contributed by atoms with van der Waals surface area (Å²) in [6.45, 7) is 4.25. The summed E-state index contributed by atoms with van der Waals surface area (Å²) in [6, 6.07) is 5.87. The van der Waals surface area contributed by atoms with Gasteiger partial charge in [0.1, 0.15) is 5.75 Å². The van der Waals surface area contributed by atoms with Crippen LogP contribution in [0.5, 0.6) is 5.75 Å². The summed E-state index contributed by atoms with van der Waals surface area (Å²) in [5.41, 5.74) is 2.38. The molecule has 0 atom stereocenters. The highest BCUT2D eigenvalue weighted by Crippen LogP contribution is 2.20. The molecule has 0 aromatic heterocycles. The van der Waals surface area contributed by atoms with Crippen molar-refractivity contribution in [1.29, 1.82) is 0 Å². The Hall–Kier alpha value is -0.980. The summed E-state index contributed by atoms with van der Waals surface area (Å²) in [4.78, 5) is 0. The first kappa shape index (κ1) is 9.11. The van der Waals surface area contributed by atoms with Crippen LogP contribution in [0.4, 0.5) is 0 Å². The van der Waals surface area contributed by atoms with Crippen molar-refractivity contribution in [2.75, 3.05) is 0 Å². The SMILES string of the molecule is CCCc1cc(CC)ccc1O. The van der Waals surface area contributed by atoms with Gasteiger partial charge in [-0.15, -0.1) is 0 Å². The predicted octanol–water partition coefficient (Wildman–Crippen LogP) is 2.91. The molecule has 1 rings (SSSR count). The van der Waals surface area contributed by atoms with Gasteiger partial charge in [0.05, 0.1) is 0 Å². The smallest absolute Gasteiger partial charge is 0.118 e. The van der Waals surface area contributed by atoms with Gasteiger partial charge in [0.25, 0.3) is 0 Å². The van der Waals surface area contributed by atoms with Crippen LogP contribution < -0.4 is 0 Å². The second-order valence-electron chi connectivity index (χ2n) is 3.07. The average Bonchev–Trinajstić information content (AvgIpc) is 2.09. The van der Waals surface area contributed by atoms with Gasteiger partial charge >= 0.3 is 0 Å². The number of benzene rings is 1. The molecule has 66 valence electrons. The van der Waals surface area contributed by atoms with Gasteiger partial charge in [-0.05, 0) is 30.0 Å². The molecule has 1 nitrogen and oxygen atoms in total. The Labute approximate surface area is 74.1 Å². The van der Waals surface area contributed by atoms with Gasteiger partial charge in [0.15, 0.2) is 0 Å². The van der Waals surface area contributed by atoms with Gasteiger partial charge in [-0.1, -0.05) is 32.4 Å². The number of rotatable bonds is 3. The van der Waals surface area contributed by atoms with E-state index in [4.69, 9.17) is 0 Å². The van der Waals surface area contributed by atoms with Gasteiger partial charge in [-0.25, -0.2) is 0 Å². The van der Waals surface area contributed by atoms with Gasteiger partial charge in [0.2, 0.25) is 0 Å². The highest BCUT2D eigenvalue weighted by Gasteiger charge is 1.99. The maximum atomic E-state index is 9.46. The molecule has 0 amide bonds. The zero-order chi connectivity index (χ0) is 8.97. The Balaban J connectivity index is 2.91. The molecule has 0 heterocycles. The van der Waals surface area contributed by atoms with E-state index < -0.39 is 0 Å². The predicted molar refractivity (Wildman–Crippen MR) is 51.5 cm³/mol. The van der Waals surface area contributed by atoms with E-state index in [1.807, 2.05) is 6.07 Å². The van der Waals surface area contributed by atoms with E-state index in [1.165, 1.54) is 5.56 Å². The third-order valence-corrected chi connectivity index (χ3v) is 2.07. The van der Waals surface area contributed by atoms with E-state index in [1.54, 1.807) is 6.07 Å². The van der Waals surface area contributed by atoms with E-state index in [0.717, 1.165) is 24.8 Å². The molecule has 0 saturated carbocycles. The van der Waals surface area contributed by atoms with Crippen molar-refractivity contribution >= 4 is 0 Å². The molecular weight excluding hydrogens is 148 g/mol. The van der Waals surface area contributed by atoms with Crippen molar-refractivity contribution in [2.45, 2.75) is 33.1 Å². The molecule has 0 bridgehead atoms. The molecule has 12 heavy (non-hydrogen) atoms. The minimum Gasteiger partial charge on any atom is -0.508 e. The summed E-state index contributed by atoms with van der Waals surface area (Å²) in [5, 5.41) is 9.46. The highest BCUT2D eigenvalue weighted by atomic mass is 16.3. The largest absolute Gasteiger partial charge is 0.508 e. The van der Waals surface area contributed by atoms with E-state index in [9.17, 15) is 5.11 Å². The van der Waals surface area contributed by atoms with Gasteiger partial charge in [0, 0.05) is 0 Å². The summed E-state index contributed by atoms with van der Waals surface area (Å²) in [7, 11) is 0. The summed E-state index contributed by atoms with van der Waals surface area (Å²) in [6.07, 6.45) is 3.09. The normalized spacial score (nSPS) is 10.2. The maximum absolute atomic E-state index is 9.46. The fourth-order valence-electron chi connectivity index (χ4n) is 1.33. The Bertz CT molecular complexity index is 253. The van der Waals surface area contributed by atoms with Crippen LogP contribution in [0.15, 0.2) is 18.2 Å². The lowest BCUT2D eigenvalue weighted by atomic mass is 10.0. The Morgan fingerprint density at radius 3 is 2.58 bits per heavy atom. The zero-order valence-electron chi connectivity index (χ0n) is 7.80. The highest BCUT2D eigenvalue weighted by molar-refractivity contribution is 5.36. The molecular formula is C11H16O. The molecule has 1 N–H and O–H groups in total. The van der Waals surface area contributed by atoms with Crippen LogP contribution >= 0.6 is 0 Å². The second-order valence-corrected chi connectivity index (χ2v) is 3.07. The molecule has 0 radical (unpaired) electrons. The number of hydrogen-bond donors (Lipinski definition) is 1. The number of aryl methyl sites for hydroxylation is 2. The molecule has 1 heteroatoms. The van der Waals surface area contributed by atoms with Crippen LogP contribution in [0.2, 0.25) is 0 Å². The van der Waals surface area contributed by atoms with Crippen molar-refractivity contribution in [3.05, 3.63) is 29.3 Å². The van der Waals surface area contributed by atoms with E-state index >= 15 is 0 Å². The Morgan fingerprint density at radius 2 is 2.00 bits per heavy atom. The lowest BCUT2D eigenvalue weighted by Gasteiger charge is -2.04. The van der Waals surface area contributed by atoms with Crippen molar-refractivity contribution < 1.29 is 5.11 Å². The van der Waals surface area contributed by atoms with Crippen molar-refractivity contribution in [3.63, 3.8) is 0 Å². The third-order valence-electron chi connectivity index (χ3n) is 2.07. The molecule has 0 aliphatic rings. The minimum atomic E-state index is 0.439. The number of aromatic hydroxyl groups is 1. The van der Waals surface area contributed by atoms with E-state index in [2.05, 4.69) is 19.9 Å². The fourth-order valence-corrected chi connectivity index (χ4v) is 1.33. The number of phenols is 1. The van der Waals surface area contributed by atoms with Crippen molar-refractivity contribution in [2.24, 2.45) is 0 Å². The lowest BCUT2D eigenvalue weighted by Crippen LogP contribution is -1.87. The summed E-state index contributed by atoms with van der Waals surface area (Å²) < 4.78 is 0. The first-order chi connectivity index (χ1) is 5.77. The topological polar surface area (TPSA) is 20.2 Å². The van der Waals surface area contributed by atoms with Gasteiger partial charge in [-0.2, -0.15) is 0 Å². The number of hydrogen-bond acceptors (Lipinski definition) is 1. The molecule has 0 unspecified atom stereocenters. The first-order valence-electron chi connectivity index (χ1n) is 4.58. The molecule has 0 fully saturated rings.